The average Bonchev–Trinajstić information content (AvgIpc) is 2.14. The fourth-order valence-electron chi connectivity index (χ4n) is 1.16. The summed E-state index contributed by atoms with van der Waals surface area (Å²) in [6.07, 6.45) is 0. The van der Waals surface area contributed by atoms with Crippen molar-refractivity contribution in [3.05, 3.63) is 34.3 Å². The van der Waals surface area contributed by atoms with E-state index in [1.165, 1.54) is 5.56 Å². The van der Waals surface area contributed by atoms with Gasteiger partial charge in [-0.1, -0.05) is 28.1 Å². The summed E-state index contributed by atoms with van der Waals surface area (Å²) in [4.78, 5) is 0. The second-order valence-corrected chi connectivity index (χ2v) is 3.84. The first kappa shape index (κ1) is 10.7. The molecular formula is C10H13BrFN. The molecule has 72 valence electrons. The summed E-state index contributed by atoms with van der Waals surface area (Å²) in [6.45, 7) is 2.11. The first-order chi connectivity index (χ1) is 6.24. The number of halogens is 2. The summed E-state index contributed by atoms with van der Waals surface area (Å²) in [5, 5.41) is 3.08. The summed E-state index contributed by atoms with van der Waals surface area (Å²) in [7, 11) is 0. The minimum absolute atomic E-state index is 0.202. The molecule has 0 saturated carbocycles. The molecule has 1 aromatic rings. The molecule has 0 spiro atoms. The van der Waals surface area contributed by atoms with Gasteiger partial charge in [-0.15, -0.1) is 0 Å². The average molecular weight is 246 g/mol. The van der Waals surface area contributed by atoms with Crippen LogP contribution in [0.1, 0.15) is 18.5 Å². The lowest BCUT2D eigenvalue weighted by atomic mass is 10.1. The van der Waals surface area contributed by atoms with Gasteiger partial charge in [0.2, 0.25) is 0 Å². The first-order valence-corrected chi connectivity index (χ1v) is 5.08. The Balaban J connectivity index is 2.60. The maximum atomic E-state index is 11.9. The van der Waals surface area contributed by atoms with E-state index in [1.807, 2.05) is 31.2 Å². The van der Waals surface area contributed by atoms with Crippen molar-refractivity contribution >= 4 is 15.9 Å². The molecule has 1 atom stereocenters. The van der Waals surface area contributed by atoms with Crippen molar-refractivity contribution in [2.75, 3.05) is 13.2 Å². The molecule has 0 radical (unpaired) electrons. The number of nitrogens with one attached hydrogen (secondary N) is 1. The number of rotatable bonds is 4. The zero-order valence-electron chi connectivity index (χ0n) is 7.56. The van der Waals surface area contributed by atoms with Crippen LogP contribution in [0.25, 0.3) is 0 Å². The van der Waals surface area contributed by atoms with Crippen LogP contribution in [0.2, 0.25) is 0 Å². The lowest BCUT2D eigenvalue weighted by Crippen LogP contribution is -2.20. The molecule has 0 aliphatic carbocycles. The quantitative estimate of drug-likeness (QED) is 0.860. The summed E-state index contributed by atoms with van der Waals surface area (Å²) >= 11 is 3.40. The molecule has 0 saturated heterocycles. The molecule has 3 heteroatoms. The Morgan fingerprint density at radius 3 is 2.92 bits per heavy atom. The van der Waals surface area contributed by atoms with Crippen molar-refractivity contribution < 1.29 is 4.39 Å². The van der Waals surface area contributed by atoms with Crippen LogP contribution >= 0.6 is 15.9 Å². The second kappa shape index (κ2) is 5.35. The molecule has 0 unspecified atom stereocenters. The van der Waals surface area contributed by atoms with Gasteiger partial charge < -0.3 is 5.32 Å². The second-order valence-electron chi connectivity index (χ2n) is 2.92. The Morgan fingerprint density at radius 1 is 1.54 bits per heavy atom. The fourth-order valence-corrected chi connectivity index (χ4v) is 1.58. The third-order valence-corrected chi connectivity index (χ3v) is 2.39. The van der Waals surface area contributed by atoms with Gasteiger partial charge in [0.1, 0.15) is 6.67 Å². The Bertz CT molecular complexity index is 265. The van der Waals surface area contributed by atoms with E-state index >= 15 is 0 Å². The molecule has 0 heterocycles. The third kappa shape index (κ3) is 3.44. The highest BCUT2D eigenvalue weighted by atomic mass is 79.9. The SMILES string of the molecule is C[C@@H](NCCF)c1cccc(Br)c1. The smallest absolute Gasteiger partial charge is 0.102 e. The van der Waals surface area contributed by atoms with Crippen LogP contribution < -0.4 is 5.32 Å². The van der Waals surface area contributed by atoms with Crippen molar-refractivity contribution in [2.24, 2.45) is 0 Å². The Labute approximate surface area is 86.5 Å². The molecule has 0 aliphatic heterocycles. The van der Waals surface area contributed by atoms with E-state index in [4.69, 9.17) is 0 Å². The first-order valence-electron chi connectivity index (χ1n) is 4.29. The topological polar surface area (TPSA) is 12.0 Å². The predicted molar refractivity (Wildman–Crippen MR) is 56.5 cm³/mol. The summed E-state index contributed by atoms with van der Waals surface area (Å²) < 4.78 is 12.9. The lowest BCUT2D eigenvalue weighted by molar-refractivity contribution is 0.444. The van der Waals surface area contributed by atoms with Crippen molar-refractivity contribution in [3.63, 3.8) is 0 Å². The van der Waals surface area contributed by atoms with E-state index in [1.54, 1.807) is 0 Å². The molecule has 0 amide bonds. The molecule has 0 fully saturated rings. The standard InChI is InChI=1S/C10H13BrFN/c1-8(13-6-5-12)9-3-2-4-10(11)7-9/h2-4,7-8,13H,5-6H2,1H3/t8-/m1/s1. The number of alkyl halides is 1. The van der Waals surface area contributed by atoms with E-state index in [2.05, 4.69) is 21.2 Å². The van der Waals surface area contributed by atoms with Gasteiger partial charge in [-0.25, -0.2) is 4.39 Å². The number of hydrogen-bond acceptors (Lipinski definition) is 1. The van der Waals surface area contributed by atoms with Crippen LogP contribution in [-0.2, 0) is 0 Å². The van der Waals surface area contributed by atoms with Crippen LogP contribution in [0.3, 0.4) is 0 Å². The third-order valence-electron chi connectivity index (χ3n) is 1.89. The highest BCUT2D eigenvalue weighted by Crippen LogP contribution is 2.17. The molecule has 1 nitrogen and oxygen atoms in total. The van der Waals surface area contributed by atoms with Crippen molar-refractivity contribution in [2.45, 2.75) is 13.0 Å². The zero-order valence-corrected chi connectivity index (χ0v) is 9.14. The van der Waals surface area contributed by atoms with Crippen LogP contribution in [0.5, 0.6) is 0 Å². The Hall–Kier alpha value is -0.410. The van der Waals surface area contributed by atoms with Gasteiger partial charge in [-0.05, 0) is 24.6 Å². The van der Waals surface area contributed by atoms with Crippen molar-refractivity contribution in [3.8, 4) is 0 Å². The fraction of sp³-hybridized carbons (Fsp3) is 0.400. The largest absolute Gasteiger partial charge is 0.308 e. The van der Waals surface area contributed by atoms with Gasteiger partial charge in [0, 0.05) is 17.1 Å². The predicted octanol–water partition coefficient (Wildman–Crippen LogP) is 3.07. The molecule has 1 aromatic carbocycles. The van der Waals surface area contributed by atoms with Crippen molar-refractivity contribution in [1.82, 2.24) is 5.32 Å². The van der Waals surface area contributed by atoms with Gasteiger partial charge >= 0.3 is 0 Å². The van der Waals surface area contributed by atoms with Crippen LogP contribution in [0.4, 0.5) is 4.39 Å². The highest BCUT2D eigenvalue weighted by Gasteiger charge is 2.03. The number of hydrogen-bond donors (Lipinski definition) is 1. The van der Waals surface area contributed by atoms with Crippen LogP contribution in [0, 0.1) is 0 Å². The van der Waals surface area contributed by atoms with Crippen LogP contribution in [-0.4, -0.2) is 13.2 Å². The maximum absolute atomic E-state index is 11.9. The van der Waals surface area contributed by atoms with E-state index in [9.17, 15) is 4.39 Å². The molecular weight excluding hydrogens is 233 g/mol. The molecule has 1 N–H and O–H groups in total. The van der Waals surface area contributed by atoms with E-state index in [0.29, 0.717) is 6.54 Å². The van der Waals surface area contributed by atoms with E-state index < -0.39 is 0 Å². The van der Waals surface area contributed by atoms with Crippen LogP contribution in [0.15, 0.2) is 28.7 Å². The van der Waals surface area contributed by atoms with E-state index in [-0.39, 0.29) is 12.7 Å². The molecule has 0 aromatic heterocycles. The van der Waals surface area contributed by atoms with Gasteiger partial charge in [0.25, 0.3) is 0 Å². The molecule has 13 heavy (non-hydrogen) atoms. The monoisotopic (exact) mass is 245 g/mol. The molecule has 0 bridgehead atoms. The Morgan fingerprint density at radius 2 is 2.31 bits per heavy atom. The van der Waals surface area contributed by atoms with Gasteiger partial charge in [0.15, 0.2) is 0 Å². The zero-order chi connectivity index (χ0) is 9.68. The normalized spacial score (nSPS) is 12.8. The maximum Gasteiger partial charge on any atom is 0.102 e. The minimum atomic E-state index is -0.321. The van der Waals surface area contributed by atoms with Gasteiger partial charge in [-0.2, -0.15) is 0 Å². The van der Waals surface area contributed by atoms with E-state index in [0.717, 1.165) is 4.47 Å². The lowest BCUT2D eigenvalue weighted by Gasteiger charge is -2.12. The summed E-state index contributed by atoms with van der Waals surface area (Å²) in [5.74, 6) is 0. The summed E-state index contributed by atoms with van der Waals surface area (Å²) in [5.41, 5.74) is 1.17. The van der Waals surface area contributed by atoms with Gasteiger partial charge in [0.05, 0.1) is 0 Å². The van der Waals surface area contributed by atoms with Crippen molar-refractivity contribution in [1.29, 1.82) is 0 Å². The highest BCUT2D eigenvalue weighted by molar-refractivity contribution is 9.10. The Kier molecular flexibility index (Phi) is 4.39. The minimum Gasteiger partial charge on any atom is -0.308 e. The molecule has 1 rings (SSSR count). The molecule has 0 aliphatic rings. The summed E-state index contributed by atoms with van der Waals surface area (Å²) in [6, 6.07) is 8.22. The number of benzene rings is 1. The van der Waals surface area contributed by atoms with Gasteiger partial charge in [-0.3, -0.25) is 0 Å².